The molecular weight excluding hydrogens is 196 g/mol. The summed E-state index contributed by atoms with van der Waals surface area (Å²) in [5.74, 6) is -0.329. The number of carbonyl (C=O) groups is 2. The Balaban J connectivity index is 3.84. The summed E-state index contributed by atoms with van der Waals surface area (Å²) in [6.45, 7) is 5.51. The number of nitrogens with zero attached hydrogens (tertiary/aromatic N) is 2. The fourth-order valence-corrected chi connectivity index (χ4v) is 0.762. The SMILES string of the molecule is C=CN(C=O)CCC(=O)OC(C)N(C)C. The van der Waals surface area contributed by atoms with Gasteiger partial charge in [-0.2, -0.15) is 0 Å². The number of ether oxygens (including phenoxy) is 1. The van der Waals surface area contributed by atoms with E-state index < -0.39 is 0 Å². The van der Waals surface area contributed by atoms with Gasteiger partial charge in [0.1, 0.15) is 0 Å². The summed E-state index contributed by atoms with van der Waals surface area (Å²) in [5, 5.41) is 0. The molecule has 0 N–H and O–H groups in total. The van der Waals surface area contributed by atoms with Gasteiger partial charge in [-0.05, 0) is 27.2 Å². The van der Waals surface area contributed by atoms with Crippen LogP contribution in [0, 0.1) is 0 Å². The Hall–Kier alpha value is -1.36. The van der Waals surface area contributed by atoms with Crippen molar-refractivity contribution in [3.05, 3.63) is 12.8 Å². The first-order chi connectivity index (χ1) is 7.01. The summed E-state index contributed by atoms with van der Waals surface area (Å²) in [6.07, 6.45) is 1.90. The molecule has 0 bridgehead atoms. The highest BCUT2D eigenvalue weighted by Gasteiger charge is 2.11. The lowest BCUT2D eigenvalue weighted by molar-refractivity contribution is -0.155. The van der Waals surface area contributed by atoms with Gasteiger partial charge in [0.05, 0.1) is 6.42 Å². The van der Waals surface area contributed by atoms with Crippen molar-refractivity contribution < 1.29 is 14.3 Å². The Morgan fingerprint density at radius 1 is 1.53 bits per heavy atom. The van der Waals surface area contributed by atoms with Crippen molar-refractivity contribution in [3.8, 4) is 0 Å². The molecule has 0 rings (SSSR count). The highest BCUT2D eigenvalue weighted by Crippen LogP contribution is 1.98. The highest BCUT2D eigenvalue weighted by atomic mass is 16.6. The van der Waals surface area contributed by atoms with Gasteiger partial charge in [-0.3, -0.25) is 14.5 Å². The smallest absolute Gasteiger partial charge is 0.309 e. The first-order valence-electron chi connectivity index (χ1n) is 4.70. The molecule has 1 atom stereocenters. The van der Waals surface area contributed by atoms with Gasteiger partial charge in [0.2, 0.25) is 6.41 Å². The van der Waals surface area contributed by atoms with Crippen LogP contribution in [0.3, 0.4) is 0 Å². The van der Waals surface area contributed by atoms with Crippen LogP contribution in [0.5, 0.6) is 0 Å². The lowest BCUT2D eigenvalue weighted by Crippen LogP contribution is -2.31. The molecule has 0 saturated heterocycles. The van der Waals surface area contributed by atoms with E-state index in [2.05, 4.69) is 6.58 Å². The van der Waals surface area contributed by atoms with Crippen LogP contribution in [-0.4, -0.2) is 49.0 Å². The monoisotopic (exact) mass is 214 g/mol. The van der Waals surface area contributed by atoms with E-state index in [4.69, 9.17) is 4.74 Å². The van der Waals surface area contributed by atoms with E-state index in [0.29, 0.717) is 13.0 Å². The van der Waals surface area contributed by atoms with Crippen molar-refractivity contribution >= 4 is 12.4 Å². The lowest BCUT2D eigenvalue weighted by Gasteiger charge is -2.20. The molecule has 0 radical (unpaired) electrons. The maximum atomic E-state index is 11.3. The van der Waals surface area contributed by atoms with Crippen molar-refractivity contribution in [2.75, 3.05) is 20.6 Å². The van der Waals surface area contributed by atoms with Crippen molar-refractivity contribution in [2.24, 2.45) is 0 Å². The minimum atomic E-state index is -0.329. The number of hydrogen-bond acceptors (Lipinski definition) is 4. The normalized spacial score (nSPS) is 12.0. The Kier molecular flexibility index (Phi) is 6.37. The Morgan fingerprint density at radius 2 is 2.13 bits per heavy atom. The molecule has 0 aliphatic carbocycles. The standard InChI is InChI=1S/C10H18N2O3/c1-5-12(8-13)7-6-10(14)15-9(2)11(3)4/h5,8-9H,1,6-7H2,2-4H3. The van der Waals surface area contributed by atoms with Gasteiger partial charge in [0.15, 0.2) is 6.23 Å². The number of amides is 1. The van der Waals surface area contributed by atoms with Crippen LogP contribution in [0.25, 0.3) is 0 Å². The zero-order valence-electron chi connectivity index (χ0n) is 9.47. The van der Waals surface area contributed by atoms with Crippen LogP contribution in [0.2, 0.25) is 0 Å². The molecule has 0 spiro atoms. The van der Waals surface area contributed by atoms with Gasteiger partial charge in [0.25, 0.3) is 0 Å². The molecular formula is C10H18N2O3. The van der Waals surface area contributed by atoms with Crippen molar-refractivity contribution in [2.45, 2.75) is 19.6 Å². The molecule has 0 aromatic carbocycles. The van der Waals surface area contributed by atoms with Gasteiger partial charge in [-0.1, -0.05) is 6.58 Å². The van der Waals surface area contributed by atoms with Crippen LogP contribution in [-0.2, 0) is 14.3 Å². The molecule has 0 saturated carbocycles. The van der Waals surface area contributed by atoms with Crippen LogP contribution >= 0.6 is 0 Å². The summed E-state index contributed by atoms with van der Waals surface area (Å²) >= 11 is 0. The lowest BCUT2D eigenvalue weighted by atomic mass is 10.4. The minimum absolute atomic E-state index is 0.170. The fourth-order valence-electron chi connectivity index (χ4n) is 0.762. The molecule has 1 amide bonds. The quantitative estimate of drug-likeness (QED) is 0.350. The third-order valence-corrected chi connectivity index (χ3v) is 1.97. The maximum Gasteiger partial charge on any atom is 0.309 e. The molecule has 15 heavy (non-hydrogen) atoms. The van der Waals surface area contributed by atoms with E-state index in [0.717, 1.165) is 0 Å². The Morgan fingerprint density at radius 3 is 2.53 bits per heavy atom. The predicted molar refractivity (Wildman–Crippen MR) is 56.8 cm³/mol. The predicted octanol–water partition coefficient (Wildman–Crippen LogP) is 0.429. The van der Waals surface area contributed by atoms with E-state index in [1.54, 1.807) is 11.8 Å². The molecule has 0 aliphatic heterocycles. The maximum absolute atomic E-state index is 11.3. The second kappa shape index (κ2) is 7.00. The average molecular weight is 214 g/mol. The van der Waals surface area contributed by atoms with Crippen molar-refractivity contribution in [1.82, 2.24) is 9.80 Å². The average Bonchev–Trinajstić information content (AvgIpc) is 2.19. The first-order valence-corrected chi connectivity index (χ1v) is 4.70. The molecule has 0 aromatic heterocycles. The Labute approximate surface area is 90.3 Å². The summed E-state index contributed by atoms with van der Waals surface area (Å²) in [5.41, 5.74) is 0. The summed E-state index contributed by atoms with van der Waals surface area (Å²) in [6, 6.07) is 0. The molecule has 1 unspecified atom stereocenters. The Bertz CT molecular complexity index is 221. The van der Waals surface area contributed by atoms with Gasteiger partial charge in [-0.15, -0.1) is 0 Å². The topological polar surface area (TPSA) is 49.9 Å². The molecule has 86 valence electrons. The van der Waals surface area contributed by atoms with Crippen LogP contribution < -0.4 is 0 Å². The van der Waals surface area contributed by atoms with Crippen LogP contribution in [0.1, 0.15) is 13.3 Å². The number of rotatable bonds is 7. The number of hydrogen-bond donors (Lipinski definition) is 0. The van der Waals surface area contributed by atoms with E-state index in [-0.39, 0.29) is 18.6 Å². The molecule has 5 nitrogen and oxygen atoms in total. The zero-order chi connectivity index (χ0) is 11.8. The molecule has 0 aliphatic rings. The van der Waals surface area contributed by atoms with E-state index in [9.17, 15) is 9.59 Å². The van der Waals surface area contributed by atoms with E-state index in [1.165, 1.54) is 11.1 Å². The summed E-state index contributed by atoms with van der Waals surface area (Å²) < 4.78 is 5.06. The van der Waals surface area contributed by atoms with Gasteiger partial charge in [0, 0.05) is 6.54 Å². The molecule has 0 aromatic rings. The van der Waals surface area contributed by atoms with Gasteiger partial charge < -0.3 is 9.64 Å². The highest BCUT2D eigenvalue weighted by molar-refractivity contribution is 5.70. The fraction of sp³-hybridized carbons (Fsp3) is 0.600. The second-order valence-electron chi connectivity index (χ2n) is 3.33. The largest absolute Gasteiger partial charge is 0.447 e. The second-order valence-corrected chi connectivity index (χ2v) is 3.33. The minimum Gasteiger partial charge on any atom is -0.447 e. The third-order valence-electron chi connectivity index (χ3n) is 1.97. The molecule has 0 heterocycles. The first kappa shape index (κ1) is 13.6. The summed E-state index contributed by atoms with van der Waals surface area (Å²) in [7, 11) is 3.64. The van der Waals surface area contributed by atoms with Gasteiger partial charge in [-0.25, -0.2) is 0 Å². The number of carbonyl (C=O) groups excluding carboxylic acids is 2. The van der Waals surface area contributed by atoms with Crippen molar-refractivity contribution in [1.29, 1.82) is 0 Å². The van der Waals surface area contributed by atoms with E-state index in [1.807, 2.05) is 14.1 Å². The zero-order valence-corrected chi connectivity index (χ0v) is 9.47. The van der Waals surface area contributed by atoms with E-state index >= 15 is 0 Å². The van der Waals surface area contributed by atoms with Crippen LogP contribution in [0.4, 0.5) is 0 Å². The summed E-state index contributed by atoms with van der Waals surface area (Å²) in [4.78, 5) is 24.7. The van der Waals surface area contributed by atoms with Crippen molar-refractivity contribution in [3.63, 3.8) is 0 Å². The molecule has 0 fully saturated rings. The van der Waals surface area contributed by atoms with Crippen LogP contribution in [0.15, 0.2) is 12.8 Å². The number of esters is 1. The molecule has 5 heteroatoms. The third kappa shape index (κ3) is 5.85. The van der Waals surface area contributed by atoms with Gasteiger partial charge >= 0.3 is 5.97 Å².